The number of hydrogen-bond acceptors (Lipinski definition) is 1. The number of anilines is 1. The van der Waals surface area contributed by atoms with E-state index in [-0.39, 0.29) is 29.9 Å². The maximum atomic E-state index is 12.0. The van der Waals surface area contributed by atoms with Gasteiger partial charge in [0.1, 0.15) is 7.05 Å². The first-order chi connectivity index (χ1) is 10.7. The van der Waals surface area contributed by atoms with Crippen molar-refractivity contribution in [2.45, 2.75) is 0 Å². The van der Waals surface area contributed by atoms with Crippen LogP contribution in [0.3, 0.4) is 0 Å². The summed E-state index contributed by atoms with van der Waals surface area (Å²) in [5, 5.41) is 4.01. The number of para-hydroxylation sites is 2. The SMILES string of the molecule is C[n+]1c(C=CC(=O)Nc2ccccc2)ccc2ccccc21.[I-]. The molecule has 0 unspecified atom stereocenters. The number of rotatable bonds is 3. The zero-order valence-corrected chi connectivity index (χ0v) is 14.9. The maximum absolute atomic E-state index is 12.0. The van der Waals surface area contributed by atoms with Crippen molar-refractivity contribution >= 4 is 28.6 Å². The largest absolute Gasteiger partial charge is 1.00 e. The van der Waals surface area contributed by atoms with Crippen LogP contribution in [-0.4, -0.2) is 5.91 Å². The van der Waals surface area contributed by atoms with Gasteiger partial charge in [-0.05, 0) is 24.3 Å². The Hall–Kier alpha value is -2.21. The first kappa shape index (κ1) is 17.1. The molecule has 3 rings (SSSR count). The molecule has 0 aliphatic heterocycles. The Morgan fingerprint density at radius 1 is 0.957 bits per heavy atom. The Morgan fingerprint density at radius 2 is 1.65 bits per heavy atom. The van der Waals surface area contributed by atoms with E-state index < -0.39 is 0 Å². The van der Waals surface area contributed by atoms with Gasteiger partial charge in [-0.1, -0.05) is 30.3 Å². The quantitative estimate of drug-likeness (QED) is 0.373. The summed E-state index contributed by atoms with van der Waals surface area (Å²) in [4.78, 5) is 12.0. The smallest absolute Gasteiger partial charge is 0.248 e. The summed E-state index contributed by atoms with van der Waals surface area (Å²) in [5.41, 5.74) is 2.90. The molecule has 1 heterocycles. The van der Waals surface area contributed by atoms with Crippen LogP contribution < -0.4 is 33.9 Å². The lowest BCUT2D eigenvalue weighted by atomic mass is 10.2. The molecule has 2 aromatic carbocycles. The lowest BCUT2D eigenvalue weighted by Crippen LogP contribution is -3.00. The second kappa shape index (κ2) is 7.87. The van der Waals surface area contributed by atoms with E-state index in [1.807, 2.05) is 61.7 Å². The van der Waals surface area contributed by atoms with Crippen molar-refractivity contribution in [3.8, 4) is 0 Å². The highest BCUT2D eigenvalue weighted by Crippen LogP contribution is 2.11. The highest BCUT2D eigenvalue weighted by molar-refractivity contribution is 6.01. The van der Waals surface area contributed by atoms with E-state index in [0.717, 1.165) is 16.9 Å². The number of carbonyl (C=O) groups excluding carboxylic acids is 1. The van der Waals surface area contributed by atoms with Crippen molar-refractivity contribution in [1.82, 2.24) is 0 Å². The highest BCUT2D eigenvalue weighted by atomic mass is 127. The fraction of sp³-hybridized carbons (Fsp3) is 0.0526. The van der Waals surface area contributed by atoms with Gasteiger partial charge < -0.3 is 29.3 Å². The predicted molar refractivity (Wildman–Crippen MR) is 89.2 cm³/mol. The number of carbonyl (C=O) groups is 1. The monoisotopic (exact) mass is 416 g/mol. The molecule has 23 heavy (non-hydrogen) atoms. The first-order valence-electron chi connectivity index (χ1n) is 7.16. The summed E-state index contributed by atoms with van der Waals surface area (Å²) in [5.74, 6) is -0.139. The first-order valence-corrected chi connectivity index (χ1v) is 7.16. The summed E-state index contributed by atoms with van der Waals surface area (Å²) >= 11 is 0. The molecule has 0 saturated carbocycles. The van der Waals surface area contributed by atoms with Crippen molar-refractivity contribution in [3.05, 3.63) is 78.5 Å². The third kappa shape index (κ3) is 4.16. The molecule has 3 nitrogen and oxygen atoms in total. The minimum atomic E-state index is -0.139. The Morgan fingerprint density at radius 3 is 2.43 bits per heavy atom. The molecule has 4 heteroatoms. The highest BCUT2D eigenvalue weighted by Gasteiger charge is 2.08. The zero-order valence-electron chi connectivity index (χ0n) is 12.7. The van der Waals surface area contributed by atoms with Gasteiger partial charge in [0, 0.05) is 35.4 Å². The lowest BCUT2D eigenvalue weighted by Gasteiger charge is -2.01. The predicted octanol–water partition coefficient (Wildman–Crippen LogP) is 0.320. The normalized spacial score (nSPS) is 10.5. The minimum Gasteiger partial charge on any atom is -1.00 e. The van der Waals surface area contributed by atoms with E-state index >= 15 is 0 Å². The summed E-state index contributed by atoms with van der Waals surface area (Å²) in [6.07, 6.45) is 3.38. The van der Waals surface area contributed by atoms with E-state index in [0.29, 0.717) is 0 Å². The van der Waals surface area contributed by atoms with Crippen molar-refractivity contribution in [1.29, 1.82) is 0 Å². The second-order valence-electron chi connectivity index (χ2n) is 5.06. The molecule has 0 bridgehead atoms. The van der Waals surface area contributed by atoms with Crippen LogP contribution in [-0.2, 0) is 11.8 Å². The molecule has 116 valence electrons. The van der Waals surface area contributed by atoms with Crippen LogP contribution in [0.5, 0.6) is 0 Å². The fourth-order valence-electron chi connectivity index (χ4n) is 2.39. The number of aryl methyl sites for hydroxylation is 1. The van der Waals surface area contributed by atoms with Crippen LogP contribution in [0.4, 0.5) is 5.69 Å². The summed E-state index contributed by atoms with van der Waals surface area (Å²) in [6.45, 7) is 0. The number of nitrogens with zero attached hydrogens (tertiary/aromatic N) is 1. The molecule has 0 saturated heterocycles. The minimum absolute atomic E-state index is 0. The van der Waals surface area contributed by atoms with Crippen LogP contribution in [0.15, 0.2) is 72.8 Å². The Bertz CT molecular complexity index is 844. The molecule has 0 fully saturated rings. The Labute approximate surface area is 152 Å². The van der Waals surface area contributed by atoms with Gasteiger partial charge in [-0.3, -0.25) is 4.79 Å². The van der Waals surface area contributed by atoms with E-state index in [2.05, 4.69) is 28.1 Å². The van der Waals surface area contributed by atoms with Crippen LogP contribution in [0.25, 0.3) is 17.0 Å². The Balaban J connectivity index is 0.00000192. The van der Waals surface area contributed by atoms with E-state index in [1.165, 1.54) is 5.39 Å². The third-order valence-corrected chi connectivity index (χ3v) is 3.57. The zero-order chi connectivity index (χ0) is 15.4. The van der Waals surface area contributed by atoms with Crippen LogP contribution >= 0.6 is 0 Å². The standard InChI is InChI=1S/C19H16N2O.HI/c1-21-17(12-11-15-7-5-6-10-18(15)21)13-14-19(22)20-16-8-3-2-4-9-16;/h2-14H,1H3;1H. The molecule has 0 atom stereocenters. The second-order valence-corrected chi connectivity index (χ2v) is 5.06. The van der Waals surface area contributed by atoms with E-state index in [1.54, 1.807) is 6.08 Å². The van der Waals surface area contributed by atoms with Crippen LogP contribution in [0.2, 0.25) is 0 Å². The molecule has 1 N–H and O–H groups in total. The molecule has 1 aromatic heterocycles. The van der Waals surface area contributed by atoms with Gasteiger partial charge >= 0.3 is 0 Å². The number of amides is 1. The maximum Gasteiger partial charge on any atom is 0.248 e. The van der Waals surface area contributed by atoms with Gasteiger partial charge in [0.15, 0.2) is 0 Å². The van der Waals surface area contributed by atoms with E-state index in [9.17, 15) is 4.79 Å². The van der Waals surface area contributed by atoms with Gasteiger partial charge in [0.2, 0.25) is 17.1 Å². The van der Waals surface area contributed by atoms with Gasteiger partial charge in [-0.15, -0.1) is 0 Å². The van der Waals surface area contributed by atoms with Crippen molar-refractivity contribution < 1.29 is 33.3 Å². The van der Waals surface area contributed by atoms with Gasteiger partial charge in [-0.2, -0.15) is 4.57 Å². The number of pyridine rings is 1. The molecule has 0 spiro atoms. The average molecular weight is 416 g/mol. The molecule has 3 aromatic rings. The summed E-state index contributed by atoms with van der Waals surface area (Å²) < 4.78 is 2.07. The molecule has 0 aliphatic carbocycles. The van der Waals surface area contributed by atoms with Crippen molar-refractivity contribution in [2.24, 2.45) is 7.05 Å². The topological polar surface area (TPSA) is 33.0 Å². The van der Waals surface area contributed by atoms with Crippen molar-refractivity contribution in [2.75, 3.05) is 5.32 Å². The van der Waals surface area contributed by atoms with Gasteiger partial charge in [-0.25, -0.2) is 0 Å². The average Bonchev–Trinajstić information content (AvgIpc) is 2.55. The number of benzene rings is 2. The molecule has 1 amide bonds. The summed E-state index contributed by atoms with van der Waals surface area (Å²) in [7, 11) is 2.00. The number of nitrogens with one attached hydrogen (secondary N) is 1. The van der Waals surface area contributed by atoms with Crippen LogP contribution in [0.1, 0.15) is 5.69 Å². The number of hydrogen-bond donors (Lipinski definition) is 1. The number of fused-ring (bicyclic) bond motifs is 1. The lowest BCUT2D eigenvalue weighted by molar-refractivity contribution is -0.646. The third-order valence-electron chi connectivity index (χ3n) is 3.57. The fourth-order valence-corrected chi connectivity index (χ4v) is 2.39. The molecular formula is C19H17IN2O. The number of halogens is 1. The van der Waals surface area contributed by atoms with Gasteiger partial charge in [0.05, 0.1) is 0 Å². The Kier molecular flexibility index (Phi) is 5.87. The summed E-state index contributed by atoms with van der Waals surface area (Å²) in [6, 6.07) is 21.7. The number of aromatic nitrogens is 1. The molecule has 0 aliphatic rings. The van der Waals surface area contributed by atoms with Crippen molar-refractivity contribution in [3.63, 3.8) is 0 Å². The van der Waals surface area contributed by atoms with Gasteiger partial charge in [0.25, 0.3) is 0 Å². The van der Waals surface area contributed by atoms with E-state index in [4.69, 9.17) is 0 Å². The molecule has 0 radical (unpaired) electrons. The van der Waals surface area contributed by atoms with Crippen LogP contribution in [0, 0.1) is 0 Å². The molecular weight excluding hydrogens is 399 g/mol.